The average Bonchev–Trinajstić information content (AvgIpc) is 3.30. The molecule has 0 radical (unpaired) electrons. The van der Waals surface area contributed by atoms with Crippen LogP contribution in [0.5, 0.6) is 0 Å². The highest BCUT2D eigenvalue weighted by molar-refractivity contribution is 5.97. The summed E-state index contributed by atoms with van der Waals surface area (Å²) in [7, 11) is 0. The lowest BCUT2D eigenvalue weighted by Crippen LogP contribution is -2.49. The molecule has 1 saturated heterocycles. The maximum Gasteiger partial charge on any atom is 0.248 e. The Hall–Kier alpha value is -3.98. The number of hydrogen-bond donors (Lipinski definition) is 1. The van der Waals surface area contributed by atoms with E-state index in [0.29, 0.717) is 44.8 Å². The Labute approximate surface area is 203 Å². The first-order valence-corrected chi connectivity index (χ1v) is 11.8. The van der Waals surface area contributed by atoms with Crippen molar-refractivity contribution in [2.75, 3.05) is 44.3 Å². The molecule has 1 aliphatic heterocycles. The lowest BCUT2D eigenvalue weighted by atomic mass is 10.1. The number of benzene rings is 2. The van der Waals surface area contributed by atoms with Crippen LogP contribution in [-0.2, 0) is 16.1 Å². The predicted octanol–water partition coefficient (Wildman–Crippen LogP) is 2.44. The highest BCUT2D eigenvalue weighted by Crippen LogP contribution is 2.19. The summed E-state index contributed by atoms with van der Waals surface area (Å²) < 4.78 is 7.76. The number of hydrogen-bond acceptors (Lipinski definition) is 6. The van der Waals surface area contributed by atoms with Crippen LogP contribution in [0.2, 0.25) is 0 Å². The summed E-state index contributed by atoms with van der Waals surface area (Å²) in [5.41, 5.74) is 8.57. The van der Waals surface area contributed by atoms with Crippen molar-refractivity contribution < 1.29 is 14.3 Å². The Morgan fingerprint density at radius 2 is 1.77 bits per heavy atom. The Balaban J connectivity index is 1.06. The Kier molecular flexibility index (Phi) is 6.58. The number of carbonyl (C=O) groups excluding carboxylic acids is 2. The molecule has 0 saturated carbocycles. The molecule has 9 heteroatoms. The molecule has 2 aromatic carbocycles. The fourth-order valence-electron chi connectivity index (χ4n) is 4.40. The number of nitrogens with two attached hydrogens (primary N) is 1. The predicted molar refractivity (Wildman–Crippen MR) is 134 cm³/mol. The normalized spacial score (nSPS) is 14.1. The molecule has 2 amide bonds. The van der Waals surface area contributed by atoms with Gasteiger partial charge in [0.15, 0.2) is 0 Å². The molecule has 0 spiro atoms. The molecule has 1 fully saturated rings. The number of primary amides is 1. The first kappa shape index (κ1) is 22.8. The largest absolute Gasteiger partial charge is 0.379 e. The first-order valence-electron chi connectivity index (χ1n) is 11.8. The lowest BCUT2D eigenvalue weighted by Gasteiger charge is -2.35. The van der Waals surface area contributed by atoms with Crippen molar-refractivity contribution in [1.29, 1.82) is 0 Å². The van der Waals surface area contributed by atoms with Gasteiger partial charge in [0, 0.05) is 50.0 Å². The van der Waals surface area contributed by atoms with E-state index in [1.165, 1.54) is 0 Å². The maximum atomic E-state index is 12.6. The summed E-state index contributed by atoms with van der Waals surface area (Å²) >= 11 is 0. The Morgan fingerprint density at radius 1 is 0.971 bits per heavy atom. The van der Waals surface area contributed by atoms with E-state index in [1.807, 2.05) is 52.1 Å². The van der Waals surface area contributed by atoms with E-state index < -0.39 is 5.91 Å². The third-order valence-electron chi connectivity index (χ3n) is 6.39. The van der Waals surface area contributed by atoms with Gasteiger partial charge < -0.3 is 24.8 Å². The number of rotatable bonds is 8. The number of fused-ring (bicyclic) bond motifs is 2. The molecule has 0 bridgehead atoms. The van der Waals surface area contributed by atoms with Crippen LogP contribution in [0.25, 0.3) is 21.9 Å². The smallest absolute Gasteiger partial charge is 0.248 e. The molecule has 4 aromatic rings. The summed E-state index contributed by atoms with van der Waals surface area (Å²) in [6.07, 6.45) is 4.12. The van der Waals surface area contributed by atoms with Gasteiger partial charge in [0.25, 0.3) is 0 Å². The molecule has 0 aliphatic carbocycles. The van der Waals surface area contributed by atoms with Gasteiger partial charge in [0.1, 0.15) is 5.82 Å². The second-order valence-electron chi connectivity index (χ2n) is 8.59. The van der Waals surface area contributed by atoms with Gasteiger partial charge in [-0.15, -0.1) is 0 Å². The second-order valence-corrected chi connectivity index (χ2v) is 8.59. The van der Waals surface area contributed by atoms with Crippen LogP contribution in [-0.4, -0.2) is 70.6 Å². The fourth-order valence-corrected chi connectivity index (χ4v) is 4.40. The third kappa shape index (κ3) is 5.09. The van der Waals surface area contributed by atoms with Crippen molar-refractivity contribution in [1.82, 2.24) is 19.4 Å². The van der Waals surface area contributed by atoms with E-state index in [2.05, 4.69) is 9.88 Å². The van der Waals surface area contributed by atoms with E-state index >= 15 is 0 Å². The molecule has 2 aromatic heterocycles. The number of amides is 2. The molecule has 9 nitrogen and oxygen atoms in total. The second kappa shape index (κ2) is 10.1. The van der Waals surface area contributed by atoms with Crippen molar-refractivity contribution in [3.63, 3.8) is 0 Å². The van der Waals surface area contributed by atoms with Crippen LogP contribution in [0, 0.1) is 0 Å². The molecule has 0 unspecified atom stereocenters. The summed E-state index contributed by atoms with van der Waals surface area (Å²) in [6, 6.07) is 15.2. The molecule has 35 heavy (non-hydrogen) atoms. The molecule has 0 atom stereocenters. The summed E-state index contributed by atoms with van der Waals surface area (Å²) in [6.45, 7) is 4.26. The van der Waals surface area contributed by atoms with Crippen LogP contribution in [0.15, 0.2) is 60.9 Å². The minimum atomic E-state index is -0.444. The van der Waals surface area contributed by atoms with E-state index in [9.17, 15) is 9.59 Å². The van der Waals surface area contributed by atoms with Crippen molar-refractivity contribution in [3.8, 4) is 0 Å². The van der Waals surface area contributed by atoms with E-state index in [4.69, 9.17) is 15.5 Å². The number of anilines is 1. The van der Waals surface area contributed by atoms with Gasteiger partial charge in [-0.3, -0.25) is 14.6 Å². The molecule has 3 heterocycles. The van der Waals surface area contributed by atoms with Crippen LogP contribution in [0.4, 0.5) is 5.82 Å². The number of para-hydroxylation sites is 2. The number of aromatic nitrogens is 3. The highest BCUT2D eigenvalue weighted by Gasteiger charge is 2.22. The third-order valence-corrected chi connectivity index (χ3v) is 6.39. The highest BCUT2D eigenvalue weighted by atomic mass is 16.5. The zero-order chi connectivity index (χ0) is 24.2. The van der Waals surface area contributed by atoms with Crippen LogP contribution >= 0.6 is 0 Å². The standard InChI is InChI=1S/C26H28N6O3/c27-26(34)20-6-5-19-7-9-30(23(19)17-20)14-16-35-15-8-25(33)32-12-10-31(11-13-32)24-18-28-21-3-1-2-4-22(21)29-24/h1-7,9,17-18H,8,10-16H2,(H2,27,34). The monoisotopic (exact) mass is 472 g/mol. The molecular formula is C26H28N6O3. The van der Waals surface area contributed by atoms with Crippen molar-refractivity contribution in [2.45, 2.75) is 13.0 Å². The van der Waals surface area contributed by atoms with Crippen molar-refractivity contribution in [2.24, 2.45) is 5.73 Å². The molecule has 5 rings (SSSR count). The molecular weight excluding hydrogens is 444 g/mol. The zero-order valence-corrected chi connectivity index (χ0v) is 19.5. The van der Waals surface area contributed by atoms with Gasteiger partial charge in [-0.25, -0.2) is 4.98 Å². The number of ether oxygens (including phenoxy) is 1. The fraction of sp³-hybridized carbons (Fsp3) is 0.308. The summed E-state index contributed by atoms with van der Waals surface area (Å²) in [5, 5.41) is 1.04. The van der Waals surface area contributed by atoms with E-state index in [-0.39, 0.29) is 5.91 Å². The van der Waals surface area contributed by atoms with Crippen molar-refractivity contribution >= 4 is 39.6 Å². The maximum absolute atomic E-state index is 12.6. The van der Waals surface area contributed by atoms with Gasteiger partial charge in [-0.2, -0.15) is 0 Å². The van der Waals surface area contributed by atoms with Crippen LogP contribution < -0.4 is 10.6 Å². The SMILES string of the molecule is NC(=O)c1ccc2ccn(CCOCCC(=O)N3CCN(c4cnc5ccccc5n4)CC3)c2c1. The Bertz CT molecular complexity index is 1360. The summed E-state index contributed by atoms with van der Waals surface area (Å²) in [5.74, 6) is 0.506. The molecule has 180 valence electrons. The lowest BCUT2D eigenvalue weighted by molar-refractivity contribution is -0.132. The summed E-state index contributed by atoms with van der Waals surface area (Å²) in [4.78, 5) is 37.3. The topological polar surface area (TPSA) is 107 Å². The first-order chi connectivity index (χ1) is 17.1. The van der Waals surface area contributed by atoms with Crippen LogP contribution in [0.3, 0.4) is 0 Å². The van der Waals surface area contributed by atoms with E-state index in [1.54, 1.807) is 18.3 Å². The molecule has 2 N–H and O–H groups in total. The zero-order valence-electron chi connectivity index (χ0n) is 19.5. The van der Waals surface area contributed by atoms with Crippen molar-refractivity contribution in [3.05, 3.63) is 66.5 Å². The minimum Gasteiger partial charge on any atom is -0.379 e. The van der Waals surface area contributed by atoms with Gasteiger partial charge in [0.2, 0.25) is 11.8 Å². The van der Waals surface area contributed by atoms with Gasteiger partial charge in [0.05, 0.1) is 36.9 Å². The number of carbonyl (C=O) groups is 2. The minimum absolute atomic E-state index is 0.103. The Morgan fingerprint density at radius 3 is 2.57 bits per heavy atom. The molecule has 1 aliphatic rings. The quantitative estimate of drug-likeness (QED) is 0.395. The number of nitrogens with zero attached hydrogens (tertiary/aromatic N) is 5. The van der Waals surface area contributed by atoms with Gasteiger partial charge in [-0.05, 0) is 35.7 Å². The average molecular weight is 473 g/mol. The van der Waals surface area contributed by atoms with Gasteiger partial charge in [-0.1, -0.05) is 18.2 Å². The van der Waals surface area contributed by atoms with Gasteiger partial charge >= 0.3 is 0 Å². The van der Waals surface area contributed by atoms with Crippen LogP contribution in [0.1, 0.15) is 16.8 Å². The van der Waals surface area contributed by atoms with E-state index in [0.717, 1.165) is 40.8 Å². The number of piperazine rings is 1.